The number of hydrogen-bond acceptors (Lipinski definition) is 4. The molecule has 0 heterocycles. The highest BCUT2D eigenvalue weighted by molar-refractivity contribution is 7.92. The van der Waals surface area contributed by atoms with E-state index in [-0.39, 0.29) is 31.1 Å². The Labute approximate surface area is 156 Å². The Bertz CT molecular complexity index is 902. The fourth-order valence-electron chi connectivity index (χ4n) is 2.36. The molecule has 9 heteroatoms. The molecule has 0 atom stereocenters. The molecule has 27 heavy (non-hydrogen) atoms. The van der Waals surface area contributed by atoms with Crippen LogP contribution in [0.2, 0.25) is 0 Å². The predicted molar refractivity (Wildman–Crippen MR) is 98.0 cm³/mol. The Hall–Kier alpha value is -2.68. The fraction of sp³-hybridized carbons (Fsp3) is 0.278. The van der Waals surface area contributed by atoms with Gasteiger partial charge in [-0.3, -0.25) is 9.10 Å². The molecular formula is C18H20F2N2O4S. The molecule has 0 aliphatic carbocycles. The lowest BCUT2D eigenvalue weighted by Crippen LogP contribution is -2.34. The minimum Gasteiger partial charge on any atom is -0.497 e. The number of hydrogen-bond donors (Lipinski definition) is 1. The van der Waals surface area contributed by atoms with Gasteiger partial charge in [-0.2, -0.15) is 0 Å². The number of nitrogens with one attached hydrogen (secondary N) is 1. The van der Waals surface area contributed by atoms with Crippen LogP contribution >= 0.6 is 0 Å². The van der Waals surface area contributed by atoms with E-state index >= 15 is 0 Å². The van der Waals surface area contributed by atoms with Gasteiger partial charge in [-0.25, -0.2) is 17.2 Å². The van der Waals surface area contributed by atoms with E-state index < -0.39 is 21.7 Å². The van der Waals surface area contributed by atoms with Gasteiger partial charge < -0.3 is 10.1 Å². The Balaban J connectivity index is 1.97. The van der Waals surface area contributed by atoms with Crippen molar-refractivity contribution in [3.05, 3.63) is 59.7 Å². The second-order valence-corrected chi connectivity index (χ2v) is 7.72. The Kier molecular flexibility index (Phi) is 6.73. The number of anilines is 1. The molecule has 1 amide bonds. The van der Waals surface area contributed by atoms with Gasteiger partial charge in [0.1, 0.15) is 5.75 Å². The van der Waals surface area contributed by atoms with Gasteiger partial charge in [-0.15, -0.1) is 0 Å². The van der Waals surface area contributed by atoms with E-state index in [9.17, 15) is 22.0 Å². The number of benzene rings is 2. The lowest BCUT2D eigenvalue weighted by atomic mass is 10.2. The molecule has 0 saturated carbocycles. The largest absolute Gasteiger partial charge is 0.497 e. The summed E-state index contributed by atoms with van der Waals surface area (Å²) in [5, 5.41) is 2.68. The molecule has 0 saturated heterocycles. The SMILES string of the molecule is COc1ccc(CNC(=O)CCN(c2ccc(F)c(F)c2)S(C)(=O)=O)cc1. The summed E-state index contributed by atoms with van der Waals surface area (Å²) in [6.07, 6.45) is 0.797. The van der Waals surface area contributed by atoms with Gasteiger partial charge in [0.2, 0.25) is 15.9 Å². The fourth-order valence-corrected chi connectivity index (χ4v) is 3.28. The van der Waals surface area contributed by atoms with Gasteiger partial charge in [0.05, 0.1) is 19.1 Å². The van der Waals surface area contributed by atoms with Gasteiger partial charge in [-0.1, -0.05) is 12.1 Å². The van der Waals surface area contributed by atoms with Crippen LogP contribution in [0.5, 0.6) is 5.75 Å². The van der Waals surface area contributed by atoms with Crippen molar-refractivity contribution >= 4 is 21.6 Å². The molecular weight excluding hydrogens is 378 g/mol. The Morgan fingerprint density at radius 3 is 2.33 bits per heavy atom. The quantitative estimate of drug-likeness (QED) is 0.741. The number of amides is 1. The van der Waals surface area contributed by atoms with Crippen molar-refractivity contribution in [2.45, 2.75) is 13.0 Å². The molecule has 0 fully saturated rings. The molecule has 2 rings (SSSR count). The average Bonchev–Trinajstić information content (AvgIpc) is 2.62. The molecule has 0 bridgehead atoms. The van der Waals surface area contributed by atoms with Gasteiger partial charge >= 0.3 is 0 Å². The zero-order valence-corrected chi connectivity index (χ0v) is 15.7. The highest BCUT2D eigenvalue weighted by Crippen LogP contribution is 2.20. The van der Waals surface area contributed by atoms with E-state index in [1.54, 1.807) is 31.4 Å². The van der Waals surface area contributed by atoms with Crippen molar-refractivity contribution in [2.75, 3.05) is 24.2 Å². The predicted octanol–water partition coefficient (Wildman–Crippen LogP) is 2.45. The van der Waals surface area contributed by atoms with Crippen LogP contribution in [0.3, 0.4) is 0 Å². The summed E-state index contributed by atoms with van der Waals surface area (Å²) in [7, 11) is -2.21. The molecule has 0 unspecified atom stereocenters. The van der Waals surface area contributed by atoms with Crippen LogP contribution in [0.1, 0.15) is 12.0 Å². The number of carbonyl (C=O) groups excluding carboxylic acids is 1. The maximum atomic E-state index is 13.4. The first-order valence-corrected chi connectivity index (χ1v) is 9.88. The number of carbonyl (C=O) groups is 1. The number of nitrogens with zero attached hydrogens (tertiary/aromatic N) is 1. The highest BCUT2D eigenvalue weighted by Gasteiger charge is 2.20. The summed E-state index contributed by atoms with van der Waals surface area (Å²) < 4.78 is 56.3. The van der Waals surface area contributed by atoms with E-state index in [0.29, 0.717) is 5.75 Å². The third-order valence-electron chi connectivity index (χ3n) is 3.78. The normalized spacial score (nSPS) is 11.1. The number of halogens is 2. The van der Waals surface area contributed by atoms with Crippen LogP contribution < -0.4 is 14.4 Å². The van der Waals surface area contributed by atoms with Crippen LogP contribution in [0.15, 0.2) is 42.5 Å². The van der Waals surface area contributed by atoms with E-state index in [1.807, 2.05) is 0 Å². The third-order valence-corrected chi connectivity index (χ3v) is 4.98. The zero-order chi connectivity index (χ0) is 20.0. The molecule has 0 radical (unpaired) electrons. The molecule has 6 nitrogen and oxygen atoms in total. The molecule has 2 aromatic carbocycles. The van der Waals surface area contributed by atoms with Crippen LogP contribution in [0.4, 0.5) is 14.5 Å². The van der Waals surface area contributed by atoms with Gasteiger partial charge in [0.25, 0.3) is 0 Å². The third kappa shape index (κ3) is 5.92. The molecule has 0 aliphatic heterocycles. The summed E-state index contributed by atoms with van der Waals surface area (Å²) in [5.41, 5.74) is 0.809. The second kappa shape index (κ2) is 8.81. The van der Waals surface area contributed by atoms with Crippen molar-refractivity contribution in [3.63, 3.8) is 0 Å². The summed E-state index contributed by atoms with van der Waals surface area (Å²) in [6, 6.07) is 9.88. The molecule has 0 aromatic heterocycles. The summed E-state index contributed by atoms with van der Waals surface area (Å²) >= 11 is 0. The number of methoxy groups -OCH3 is 1. The number of ether oxygens (including phenoxy) is 1. The average molecular weight is 398 g/mol. The summed E-state index contributed by atoms with van der Waals surface area (Å²) in [5.74, 6) is -1.92. The molecule has 0 spiro atoms. The van der Waals surface area contributed by atoms with E-state index in [4.69, 9.17) is 4.74 Å². The van der Waals surface area contributed by atoms with Gasteiger partial charge in [0.15, 0.2) is 11.6 Å². The maximum Gasteiger partial charge on any atom is 0.232 e. The van der Waals surface area contributed by atoms with E-state index in [0.717, 1.165) is 34.3 Å². The number of sulfonamides is 1. The van der Waals surface area contributed by atoms with Crippen molar-refractivity contribution in [1.29, 1.82) is 0 Å². The van der Waals surface area contributed by atoms with Crippen LogP contribution in [0.25, 0.3) is 0 Å². The second-order valence-electron chi connectivity index (χ2n) is 5.81. The van der Waals surface area contributed by atoms with Crippen LogP contribution in [-0.2, 0) is 21.4 Å². The zero-order valence-electron chi connectivity index (χ0n) is 14.9. The molecule has 2 aromatic rings. The van der Waals surface area contributed by atoms with Crippen LogP contribution in [0, 0.1) is 11.6 Å². The molecule has 0 aliphatic rings. The first-order valence-electron chi connectivity index (χ1n) is 8.03. The van der Waals surface area contributed by atoms with Crippen molar-refractivity contribution in [3.8, 4) is 5.75 Å². The van der Waals surface area contributed by atoms with Gasteiger partial charge in [-0.05, 0) is 29.8 Å². The minimum atomic E-state index is -3.77. The first kappa shape index (κ1) is 20.6. The first-order chi connectivity index (χ1) is 12.7. The molecule has 1 N–H and O–H groups in total. The Morgan fingerprint density at radius 1 is 1.11 bits per heavy atom. The monoisotopic (exact) mass is 398 g/mol. The van der Waals surface area contributed by atoms with Crippen molar-refractivity contribution in [1.82, 2.24) is 5.32 Å². The minimum absolute atomic E-state index is 0.0423. The smallest absolute Gasteiger partial charge is 0.232 e. The summed E-state index contributed by atoms with van der Waals surface area (Å²) in [4.78, 5) is 12.0. The standard InChI is InChI=1S/C18H20F2N2O4S/c1-26-15-6-3-13(4-7-15)12-21-18(23)9-10-22(27(2,24)25)14-5-8-16(19)17(20)11-14/h3-8,11H,9-10,12H2,1-2H3,(H,21,23). The lowest BCUT2D eigenvalue weighted by molar-refractivity contribution is -0.121. The maximum absolute atomic E-state index is 13.4. The highest BCUT2D eigenvalue weighted by atomic mass is 32.2. The van der Waals surface area contributed by atoms with E-state index in [2.05, 4.69) is 5.32 Å². The van der Waals surface area contributed by atoms with Crippen LogP contribution in [-0.4, -0.2) is 34.2 Å². The van der Waals surface area contributed by atoms with Gasteiger partial charge in [0, 0.05) is 25.6 Å². The number of rotatable bonds is 8. The van der Waals surface area contributed by atoms with Crippen molar-refractivity contribution in [2.24, 2.45) is 0 Å². The topological polar surface area (TPSA) is 75.7 Å². The Morgan fingerprint density at radius 2 is 1.78 bits per heavy atom. The van der Waals surface area contributed by atoms with Crippen molar-refractivity contribution < 1.29 is 26.7 Å². The van der Waals surface area contributed by atoms with E-state index in [1.165, 1.54) is 0 Å². The molecule has 146 valence electrons. The lowest BCUT2D eigenvalue weighted by Gasteiger charge is -2.22. The summed E-state index contributed by atoms with van der Waals surface area (Å²) in [6.45, 7) is 0.0746.